The summed E-state index contributed by atoms with van der Waals surface area (Å²) in [6, 6.07) is 18.6. The Morgan fingerprint density at radius 3 is 2.64 bits per heavy atom. The smallest absolute Gasteiger partial charge is 0.336 e. The van der Waals surface area contributed by atoms with E-state index in [9.17, 15) is 9.90 Å². The largest absolute Gasteiger partial charge is 0.478 e. The molecule has 1 aliphatic rings. The van der Waals surface area contributed by atoms with Gasteiger partial charge in [-0.3, -0.25) is 4.98 Å². The van der Waals surface area contributed by atoms with Crippen LogP contribution in [0.2, 0.25) is 0 Å². The van der Waals surface area contributed by atoms with E-state index < -0.39 is 5.97 Å². The molecule has 33 heavy (non-hydrogen) atoms. The Balaban J connectivity index is 1.58. The molecule has 0 amide bonds. The van der Waals surface area contributed by atoms with Crippen LogP contribution in [0.3, 0.4) is 0 Å². The molecule has 1 saturated heterocycles. The third kappa shape index (κ3) is 4.47. The molecular formula is C25H23N5O3. The summed E-state index contributed by atoms with van der Waals surface area (Å²) in [5.41, 5.74) is 3.36. The molecule has 0 aliphatic carbocycles. The van der Waals surface area contributed by atoms with E-state index in [1.807, 2.05) is 48.5 Å². The van der Waals surface area contributed by atoms with Gasteiger partial charge in [0.1, 0.15) is 5.82 Å². The number of aromatic carboxylic acids is 1. The molecule has 2 N–H and O–H groups in total. The molecule has 1 fully saturated rings. The van der Waals surface area contributed by atoms with Gasteiger partial charge in [-0.1, -0.05) is 30.3 Å². The molecule has 2 aromatic heterocycles. The van der Waals surface area contributed by atoms with E-state index >= 15 is 0 Å². The van der Waals surface area contributed by atoms with Crippen LogP contribution in [-0.4, -0.2) is 52.3 Å². The molecule has 0 unspecified atom stereocenters. The molecule has 8 nitrogen and oxygen atoms in total. The van der Waals surface area contributed by atoms with Crippen LogP contribution in [0, 0.1) is 0 Å². The minimum absolute atomic E-state index is 0.257. The SMILES string of the molecule is O=C(O)c1ccccc1-c1ccc2c(NCc3ccccn3)nc(N3CCOCC3)nc2c1. The van der Waals surface area contributed by atoms with Gasteiger partial charge in [-0.25, -0.2) is 9.78 Å². The van der Waals surface area contributed by atoms with Crippen molar-refractivity contribution in [2.75, 3.05) is 36.5 Å². The fraction of sp³-hybridized carbons (Fsp3) is 0.200. The average molecular weight is 441 g/mol. The number of nitrogens with zero attached hydrogens (tertiary/aromatic N) is 4. The van der Waals surface area contributed by atoms with Crippen LogP contribution >= 0.6 is 0 Å². The molecule has 3 heterocycles. The molecular weight excluding hydrogens is 418 g/mol. The van der Waals surface area contributed by atoms with E-state index in [0.29, 0.717) is 50.2 Å². The first-order valence-corrected chi connectivity index (χ1v) is 10.8. The van der Waals surface area contributed by atoms with Crippen molar-refractivity contribution in [1.82, 2.24) is 15.0 Å². The van der Waals surface area contributed by atoms with Crippen LogP contribution < -0.4 is 10.2 Å². The maximum Gasteiger partial charge on any atom is 0.336 e. The van der Waals surface area contributed by atoms with Gasteiger partial charge < -0.3 is 20.1 Å². The summed E-state index contributed by atoms with van der Waals surface area (Å²) >= 11 is 0. The van der Waals surface area contributed by atoms with Crippen molar-refractivity contribution in [1.29, 1.82) is 0 Å². The lowest BCUT2D eigenvalue weighted by molar-refractivity contribution is 0.0697. The van der Waals surface area contributed by atoms with Gasteiger partial charge in [0.2, 0.25) is 5.95 Å². The Bertz CT molecular complexity index is 1290. The first-order chi connectivity index (χ1) is 16.2. The number of carboxylic acid groups (broad SMARTS) is 1. The normalized spacial score (nSPS) is 13.8. The summed E-state index contributed by atoms with van der Waals surface area (Å²) in [5.74, 6) is 0.378. The summed E-state index contributed by atoms with van der Waals surface area (Å²) in [5, 5.41) is 13.9. The number of pyridine rings is 1. The number of carboxylic acids is 1. The fourth-order valence-electron chi connectivity index (χ4n) is 3.92. The number of hydrogen-bond acceptors (Lipinski definition) is 7. The lowest BCUT2D eigenvalue weighted by atomic mass is 9.98. The number of nitrogens with one attached hydrogen (secondary N) is 1. The molecule has 0 radical (unpaired) electrons. The number of benzene rings is 2. The number of aromatic nitrogens is 3. The zero-order valence-corrected chi connectivity index (χ0v) is 17.9. The van der Waals surface area contributed by atoms with Gasteiger partial charge in [0.05, 0.1) is 36.5 Å². The summed E-state index contributed by atoms with van der Waals surface area (Å²) < 4.78 is 5.48. The minimum Gasteiger partial charge on any atom is -0.478 e. The molecule has 0 spiro atoms. The van der Waals surface area contributed by atoms with Gasteiger partial charge in [0.15, 0.2) is 0 Å². The lowest BCUT2D eigenvalue weighted by Crippen LogP contribution is -2.37. The van der Waals surface area contributed by atoms with E-state index in [-0.39, 0.29) is 5.56 Å². The van der Waals surface area contributed by atoms with Crippen LogP contribution in [0.25, 0.3) is 22.0 Å². The first-order valence-electron chi connectivity index (χ1n) is 10.8. The highest BCUT2D eigenvalue weighted by atomic mass is 16.5. The molecule has 0 atom stereocenters. The van der Waals surface area contributed by atoms with Crippen molar-refractivity contribution in [2.45, 2.75) is 6.54 Å². The summed E-state index contributed by atoms with van der Waals surface area (Å²) in [6.07, 6.45) is 1.76. The van der Waals surface area contributed by atoms with Crippen molar-refractivity contribution in [3.8, 4) is 11.1 Å². The van der Waals surface area contributed by atoms with Gasteiger partial charge in [-0.05, 0) is 41.5 Å². The Labute approximate surface area is 190 Å². The predicted molar refractivity (Wildman–Crippen MR) is 127 cm³/mol. The summed E-state index contributed by atoms with van der Waals surface area (Å²) in [6.45, 7) is 3.22. The van der Waals surface area contributed by atoms with E-state index in [4.69, 9.17) is 14.7 Å². The van der Waals surface area contributed by atoms with Crippen molar-refractivity contribution in [3.05, 3.63) is 78.1 Å². The summed E-state index contributed by atoms with van der Waals surface area (Å²) in [4.78, 5) is 27.9. The number of morpholine rings is 1. The molecule has 166 valence electrons. The van der Waals surface area contributed by atoms with Gasteiger partial charge >= 0.3 is 5.97 Å². The molecule has 1 aliphatic heterocycles. The van der Waals surface area contributed by atoms with E-state index in [2.05, 4.69) is 15.2 Å². The van der Waals surface area contributed by atoms with Crippen molar-refractivity contribution >= 4 is 28.6 Å². The number of anilines is 2. The van der Waals surface area contributed by atoms with Crippen LogP contribution in [0.1, 0.15) is 16.1 Å². The Kier molecular flexibility index (Phi) is 5.82. The number of rotatable bonds is 6. The second-order valence-corrected chi connectivity index (χ2v) is 7.73. The molecule has 0 bridgehead atoms. The highest BCUT2D eigenvalue weighted by molar-refractivity contribution is 5.99. The van der Waals surface area contributed by atoms with Gasteiger partial charge in [-0.2, -0.15) is 4.98 Å². The zero-order valence-electron chi connectivity index (χ0n) is 17.9. The van der Waals surface area contributed by atoms with Crippen LogP contribution in [-0.2, 0) is 11.3 Å². The second-order valence-electron chi connectivity index (χ2n) is 7.73. The third-order valence-electron chi connectivity index (χ3n) is 5.61. The van der Waals surface area contributed by atoms with Gasteiger partial charge in [0, 0.05) is 24.7 Å². The van der Waals surface area contributed by atoms with Crippen molar-refractivity contribution in [2.24, 2.45) is 0 Å². The number of carbonyl (C=O) groups is 1. The molecule has 8 heteroatoms. The third-order valence-corrected chi connectivity index (χ3v) is 5.61. The van der Waals surface area contributed by atoms with Gasteiger partial charge in [-0.15, -0.1) is 0 Å². The van der Waals surface area contributed by atoms with Crippen LogP contribution in [0.5, 0.6) is 0 Å². The van der Waals surface area contributed by atoms with E-state index in [1.54, 1.807) is 18.3 Å². The number of hydrogen-bond donors (Lipinski definition) is 2. The van der Waals surface area contributed by atoms with Crippen molar-refractivity contribution in [3.63, 3.8) is 0 Å². The quantitative estimate of drug-likeness (QED) is 0.466. The standard InChI is InChI=1S/C25H23N5O3/c31-24(32)20-7-2-1-6-19(20)17-8-9-21-22(15-17)28-25(30-11-13-33-14-12-30)29-23(21)27-16-18-5-3-4-10-26-18/h1-10,15H,11-14,16H2,(H,31,32)(H,27,28,29). The average Bonchev–Trinajstić information content (AvgIpc) is 2.88. The molecule has 2 aromatic carbocycles. The maximum absolute atomic E-state index is 11.7. The minimum atomic E-state index is -0.958. The Morgan fingerprint density at radius 1 is 1.03 bits per heavy atom. The summed E-state index contributed by atoms with van der Waals surface area (Å²) in [7, 11) is 0. The van der Waals surface area contributed by atoms with Gasteiger partial charge in [0.25, 0.3) is 0 Å². The van der Waals surface area contributed by atoms with Crippen molar-refractivity contribution < 1.29 is 14.6 Å². The number of fused-ring (bicyclic) bond motifs is 1. The topological polar surface area (TPSA) is 100 Å². The molecule has 5 rings (SSSR count). The Hall–Kier alpha value is -4.04. The van der Waals surface area contributed by atoms with E-state index in [0.717, 1.165) is 22.2 Å². The highest BCUT2D eigenvalue weighted by Gasteiger charge is 2.18. The molecule has 0 saturated carbocycles. The monoisotopic (exact) mass is 441 g/mol. The Morgan fingerprint density at radius 2 is 1.85 bits per heavy atom. The maximum atomic E-state index is 11.7. The highest BCUT2D eigenvalue weighted by Crippen LogP contribution is 2.31. The van der Waals surface area contributed by atoms with Crippen LogP contribution in [0.4, 0.5) is 11.8 Å². The predicted octanol–water partition coefficient (Wildman–Crippen LogP) is 3.84. The lowest BCUT2D eigenvalue weighted by Gasteiger charge is -2.27. The molecule has 4 aromatic rings. The fourth-order valence-corrected chi connectivity index (χ4v) is 3.92. The number of ether oxygens (including phenoxy) is 1. The first kappa shape index (κ1) is 20.8. The van der Waals surface area contributed by atoms with E-state index in [1.165, 1.54) is 0 Å². The zero-order chi connectivity index (χ0) is 22.6. The second kappa shape index (κ2) is 9.22. The van der Waals surface area contributed by atoms with Crippen LogP contribution in [0.15, 0.2) is 66.9 Å².